The fraction of sp³-hybridized carbons (Fsp3) is 0.652. The van der Waals surface area contributed by atoms with Crippen LogP contribution in [0, 0.1) is 0 Å². The molecular formula is C23H38N6O3S2. The number of nitrogens with zero attached hydrogens (tertiary/aromatic N) is 4. The fourth-order valence-electron chi connectivity index (χ4n) is 4.15. The number of anilines is 2. The monoisotopic (exact) mass is 510 g/mol. The van der Waals surface area contributed by atoms with Crippen LogP contribution in [0.15, 0.2) is 18.5 Å². The van der Waals surface area contributed by atoms with E-state index in [4.69, 9.17) is 0 Å². The maximum atomic E-state index is 13.6. The molecule has 3 rings (SSSR count). The molecule has 0 bridgehead atoms. The van der Waals surface area contributed by atoms with Gasteiger partial charge in [-0.05, 0) is 58.2 Å². The van der Waals surface area contributed by atoms with Crippen molar-refractivity contribution >= 4 is 39.0 Å². The quantitative estimate of drug-likeness (QED) is 0.534. The highest BCUT2D eigenvalue weighted by Gasteiger charge is 2.35. The van der Waals surface area contributed by atoms with E-state index in [-0.39, 0.29) is 18.0 Å². The minimum Gasteiger partial charge on any atom is -0.306 e. The zero-order valence-electron chi connectivity index (χ0n) is 21.2. The molecule has 2 aromatic rings. The van der Waals surface area contributed by atoms with Crippen LogP contribution in [0.2, 0.25) is 0 Å². The molecule has 1 fully saturated rings. The Morgan fingerprint density at radius 3 is 2.47 bits per heavy atom. The van der Waals surface area contributed by atoms with Gasteiger partial charge in [-0.2, -0.15) is 13.5 Å². The van der Waals surface area contributed by atoms with Crippen molar-refractivity contribution in [2.24, 2.45) is 0 Å². The highest BCUT2D eigenvalue weighted by Crippen LogP contribution is 2.37. The Morgan fingerprint density at radius 2 is 1.91 bits per heavy atom. The average Bonchev–Trinajstić information content (AvgIpc) is 3.35. The molecule has 3 heterocycles. The summed E-state index contributed by atoms with van der Waals surface area (Å²) in [5.74, 6) is 0.529. The Morgan fingerprint density at radius 1 is 1.21 bits per heavy atom. The topological polar surface area (TPSA) is 99.6 Å². The lowest BCUT2D eigenvalue weighted by Crippen LogP contribution is -2.54. The summed E-state index contributed by atoms with van der Waals surface area (Å²) in [4.78, 5) is 17.2. The van der Waals surface area contributed by atoms with Crippen LogP contribution in [0.3, 0.4) is 0 Å². The third-order valence-corrected chi connectivity index (χ3v) is 9.11. The SMILES string of the molecule is CC(C)c1cc(NC(=O)NS(=O)(=O)N(c2cnn(C(C)C)c2)[C@H]2CCCN(C)C2)c(C(C)C)s1. The van der Waals surface area contributed by atoms with Crippen LogP contribution in [0.1, 0.15) is 82.0 Å². The van der Waals surface area contributed by atoms with Gasteiger partial charge in [-0.25, -0.2) is 13.8 Å². The van der Waals surface area contributed by atoms with Crippen LogP contribution >= 0.6 is 11.3 Å². The van der Waals surface area contributed by atoms with Gasteiger partial charge in [0.15, 0.2) is 0 Å². The number of aromatic nitrogens is 2. The van der Waals surface area contributed by atoms with E-state index < -0.39 is 16.2 Å². The van der Waals surface area contributed by atoms with Crippen LogP contribution in [-0.4, -0.2) is 55.3 Å². The third-order valence-electron chi connectivity index (χ3n) is 5.90. The van der Waals surface area contributed by atoms with Crippen molar-refractivity contribution in [1.29, 1.82) is 0 Å². The van der Waals surface area contributed by atoms with Crippen LogP contribution in [0.4, 0.5) is 16.2 Å². The number of carbonyl (C=O) groups excluding carboxylic acids is 1. The van der Waals surface area contributed by atoms with Crippen molar-refractivity contribution in [2.75, 3.05) is 29.8 Å². The van der Waals surface area contributed by atoms with Gasteiger partial charge in [0.05, 0.1) is 23.6 Å². The molecule has 0 saturated carbocycles. The summed E-state index contributed by atoms with van der Waals surface area (Å²) in [7, 11) is -2.20. The first-order chi connectivity index (χ1) is 15.9. The van der Waals surface area contributed by atoms with Gasteiger partial charge in [0.2, 0.25) is 0 Å². The van der Waals surface area contributed by atoms with Crippen molar-refractivity contribution < 1.29 is 13.2 Å². The Hall–Kier alpha value is -2.11. The largest absolute Gasteiger partial charge is 0.334 e. The second-order valence-electron chi connectivity index (χ2n) is 9.92. The first-order valence-corrected chi connectivity index (χ1v) is 14.1. The molecular weight excluding hydrogens is 472 g/mol. The first-order valence-electron chi connectivity index (χ1n) is 11.9. The summed E-state index contributed by atoms with van der Waals surface area (Å²) in [6.07, 6.45) is 4.86. The maximum Gasteiger partial charge on any atom is 0.334 e. The molecule has 2 amide bonds. The molecule has 0 spiro atoms. The van der Waals surface area contributed by atoms with E-state index in [0.717, 1.165) is 22.7 Å². The molecule has 0 radical (unpaired) electrons. The third kappa shape index (κ3) is 6.11. The van der Waals surface area contributed by atoms with E-state index in [9.17, 15) is 13.2 Å². The maximum absolute atomic E-state index is 13.6. The molecule has 190 valence electrons. The summed E-state index contributed by atoms with van der Waals surface area (Å²) in [5, 5.41) is 7.12. The first kappa shape index (κ1) is 26.5. The Bertz CT molecular complexity index is 1090. The lowest BCUT2D eigenvalue weighted by Gasteiger charge is -2.37. The highest BCUT2D eigenvalue weighted by atomic mass is 32.2. The average molecular weight is 511 g/mol. The second-order valence-corrected chi connectivity index (χ2v) is 12.6. The number of thiophene rings is 1. The molecule has 0 aromatic carbocycles. The standard InChI is InChI=1S/C23H38N6O3S2/c1-15(2)21-11-20(22(33-21)16(3)4)25-23(30)26-34(31,32)29(18-9-8-10-27(7)13-18)19-12-24-28(14-19)17(5)6/h11-12,14-18H,8-10,13H2,1-7H3,(H2,25,26,30)/t18-/m0/s1. The molecule has 1 atom stereocenters. The minimum absolute atomic E-state index is 0.0896. The predicted molar refractivity (Wildman–Crippen MR) is 139 cm³/mol. The predicted octanol–water partition coefficient (Wildman–Crippen LogP) is 4.74. The van der Waals surface area contributed by atoms with E-state index in [0.29, 0.717) is 30.3 Å². The van der Waals surface area contributed by atoms with Crippen LogP contribution in [0.5, 0.6) is 0 Å². The molecule has 0 unspecified atom stereocenters. The van der Waals surface area contributed by atoms with Gasteiger partial charge in [0.1, 0.15) is 0 Å². The van der Waals surface area contributed by atoms with Crippen LogP contribution < -0.4 is 14.3 Å². The fourth-order valence-corrected chi connectivity index (χ4v) is 6.59. The molecule has 1 aliphatic heterocycles. The van der Waals surface area contributed by atoms with E-state index in [2.05, 4.69) is 47.7 Å². The lowest BCUT2D eigenvalue weighted by atomic mass is 10.1. The van der Waals surface area contributed by atoms with Crippen molar-refractivity contribution in [3.05, 3.63) is 28.2 Å². The van der Waals surface area contributed by atoms with Crippen molar-refractivity contribution in [3.63, 3.8) is 0 Å². The molecule has 11 heteroatoms. The van der Waals surface area contributed by atoms with Gasteiger partial charge < -0.3 is 10.2 Å². The van der Waals surface area contributed by atoms with Crippen molar-refractivity contribution in [1.82, 2.24) is 19.4 Å². The van der Waals surface area contributed by atoms with Gasteiger partial charge in [-0.3, -0.25) is 4.68 Å². The number of urea groups is 1. The van der Waals surface area contributed by atoms with E-state index in [1.54, 1.807) is 28.4 Å². The summed E-state index contributed by atoms with van der Waals surface area (Å²) in [5.41, 5.74) is 1.11. The molecule has 1 aliphatic rings. The van der Waals surface area contributed by atoms with E-state index in [1.807, 2.05) is 27.0 Å². The zero-order valence-corrected chi connectivity index (χ0v) is 22.8. The molecule has 2 N–H and O–H groups in total. The lowest BCUT2D eigenvalue weighted by molar-refractivity contribution is 0.251. The van der Waals surface area contributed by atoms with Gasteiger partial charge >= 0.3 is 16.2 Å². The normalized spacial score (nSPS) is 17.5. The number of carbonyl (C=O) groups is 1. The van der Waals surface area contributed by atoms with Gasteiger partial charge in [-0.15, -0.1) is 11.3 Å². The minimum atomic E-state index is -4.18. The molecule has 34 heavy (non-hydrogen) atoms. The van der Waals surface area contributed by atoms with E-state index in [1.165, 1.54) is 4.31 Å². The summed E-state index contributed by atoms with van der Waals surface area (Å²) in [6, 6.07) is 0.971. The number of hydrogen-bond donors (Lipinski definition) is 2. The molecule has 2 aromatic heterocycles. The summed E-state index contributed by atoms with van der Waals surface area (Å²) in [6.45, 7) is 13.8. The summed E-state index contributed by atoms with van der Waals surface area (Å²) >= 11 is 1.65. The highest BCUT2D eigenvalue weighted by molar-refractivity contribution is 7.91. The van der Waals surface area contributed by atoms with Gasteiger partial charge in [0, 0.05) is 28.5 Å². The number of hydrogen-bond acceptors (Lipinski definition) is 6. The smallest absolute Gasteiger partial charge is 0.306 e. The number of rotatable bonds is 8. The molecule has 1 saturated heterocycles. The van der Waals surface area contributed by atoms with E-state index >= 15 is 0 Å². The zero-order chi connectivity index (χ0) is 25.2. The number of amides is 2. The second kappa shape index (κ2) is 10.7. The summed E-state index contributed by atoms with van der Waals surface area (Å²) < 4.78 is 32.4. The Labute approximate surface area is 207 Å². The number of nitrogens with one attached hydrogen (secondary N) is 2. The van der Waals surface area contributed by atoms with Crippen molar-refractivity contribution in [3.8, 4) is 0 Å². The molecule has 9 nitrogen and oxygen atoms in total. The van der Waals surface area contributed by atoms with Crippen LogP contribution in [-0.2, 0) is 10.2 Å². The number of likely N-dealkylation sites (tertiary alicyclic amines) is 1. The Balaban J connectivity index is 1.87. The Kier molecular flexibility index (Phi) is 8.30. The van der Waals surface area contributed by atoms with Crippen LogP contribution in [0.25, 0.3) is 0 Å². The molecule has 0 aliphatic carbocycles. The number of likely N-dealkylation sites (N-methyl/N-ethyl adjacent to an activating group) is 1. The van der Waals surface area contributed by atoms with Gasteiger partial charge in [0.25, 0.3) is 0 Å². The van der Waals surface area contributed by atoms with Gasteiger partial charge in [-0.1, -0.05) is 27.7 Å². The van der Waals surface area contributed by atoms with Crippen molar-refractivity contribution in [2.45, 2.75) is 78.3 Å². The number of piperidine rings is 1.